The van der Waals surface area contributed by atoms with Crippen LogP contribution in [0, 0.1) is 0 Å². The topological polar surface area (TPSA) is 69.4 Å². The van der Waals surface area contributed by atoms with Crippen molar-refractivity contribution in [3.05, 3.63) is 0 Å². The van der Waals surface area contributed by atoms with Gasteiger partial charge < -0.3 is 0 Å². The highest BCUT2D eigenvalue weighted by molar-refractivity contribution is 7.92. The van der Waals surface area contributed by atoms with Crippen LogP contribution in [-0.4, -0.2) is 19.6 Å². The molecule has 9 heavy (non-hydrogen) atoms. The van der Waals surface area contributed by atoms with E-state index in [1.807, 2.05) is 0 Å². The molecule has 4 nitrogen and oxygen atoms in total. The maximum Gasteiger partial charge on any atom is 0.179 e. The molecule has 0 spiro atoms. The predicted molar refractivity (Wildman–Crippen MR) is 32.1 cm³/mol. The van der Waals surface area contributed by atoms with Crippen molar-refractivity contribution in [1.29, 1.82) is 0 Å². The van der Waals surface area contributed by atoms with Gasteiger partial charge in [0.1, 0.15) is 0 Å². The quantitative estimate of drug-likeness (QED) is 0.508. The summed E-state index contributed by atoms with van der Waals surface area (Å²) in [5, 5.41) is 0. The van der Waals surface area contributed by atoms with Gasteiger partial charge in [-0.25, -0.2) is 14.3 Å². The van der Waals surface area contributed by atoms with Gasteiger partial charge in [-0.1, -0.05) is 0 Å². The maximum atomic E-state index is 10.8. The SMILES string of the molecule is NOC1CCCS1(=O)=O. The van der Waals surface area contributed by atoms with Crippen LogP contribution in [0.4, 0.5) is 0 Å². The van der Waals surface area contributed by atoms with Crippen LogP contribution in [0.3, 0.4) is 0 Å². The Kier molecular flexibility index (Phi) is 1.74. The van der Waals surface area contributed by atoms with Crippen LogP contribution in [0.1, 0.15) is 12.8 Å². The molecule has 1 unspecified atom stereocenters. The summed E-state index contributed by atoms with van der Waals surface area (Å²) in [6.07, 6.45) is 1.21. The van der Waals surface area contributed by atoms with Gasteiger partial charge in [-0.3, -0.25) is 4.84 Å². The van der Waals surface area contributed by atoms with E-state index in [2.05, 4.69) is 4.84 Å². The zero-order chi connectivity index (χ0) is 6.91. The van der Waals surface area contributed by atoms with Crippen molar-refractivity contribution in [2.24, 2.45) is 5.90 Å². The third-order valence-corrected chi connectivity index (χ3v) is 3.43. The molecule has 0 aromatic rings. The third kappa shape index (κ3) is 1.23. The van der Waals surface area contributed by atoms with E-state index in [9.17, 15) is 8.42 Å². The summed E-state index contributed by atoms with van der Waals surface area (Å²) in [5.74, 6) is 4.95. The molecule has 1 aliphatic rings. The van der Waals surface area contributed by atoms with Crippen LogP contribution >= 0.6 is 0 Å². The molecule has 0 aliphatic carbocycles. The van der Waals surface area contributed by atoms with Gasteiger partial charge in [0.15, 0.2) is 15.3 Å². The summed E-state index contributed by atoms with van der Waals surface area (Å²) in [4.78, 5) is 4.24. The van der Waals surface area contributed by atoms with Crippen LogP contribution in [0.2, 0.25) is 0 Å². The Bertz CT molecular complexity index is 186. The largest absolute Gasteiger partial charge is 0.285 e. The third-order valence-electron chi connectivity index (χ3n) is 1.42. The van der Waals surface area contributed by atoms with Crippen LogP contribution in [-0.2, 0) is 14.7 Å². The molecule has 0 aromatic carbocycles. The second-order valence-electron chi connectivity index (χ2n) is 2.07. The molecule has 1 heterocycles. The highest BCUT2D eigenvalue weighted by atomic mass is 32.2. The predicted octanol–water partition coefficient (Wildman–Crippen LogP) is -0.589. The van der Waals surface area contributed by atoms with Gasteiger partial charge in [0.05, 0.1) is 5.75 Å². The molecule has 0 bridgehead atoms. The first-order chi connectivity index (χ1) is 4.17. The summed E-state index contributed by atoms with van der Waals surface area (Å²) in [6.45, 7) is 0. The monoisotopic (exact) mass is 151 g/mol. The van der Waals surface area contributed by atoms with Gasteiger partial charge in [-0.05, 0) is 12.8 Å². The van der Waals surface area contributed by atoms with Gasteiger partial charge in [0.2, 0.25) is 0 Å². The smallest absolute Gasteiger partial charge is 0.179 e. The Morgan fingerprint density at radius 2 is 2.22 bits per heavy atom. The average molecular weight is 151 g/mol. The normalized spacial score (nSPS) is 32.8. The fourth-order valence-corrected chi connectivity index (χ4v) is 2.44. The number of sulfone groups is 1. The second kappa shape index (κ2) is 2.24. The fourth-order valence-electron chi connectivity index (χ4n) is 0.915. The molecule has 0 radical (unpaired) electrons. The highest BCUT2D eigenvalue weighted by Gasteiger charge is 2.31. The second-order valence-corrected chi connectivity index (χ2v) is 4.33. The van der Waals surface area contributed by atoms with E-state index in [4.69, 9.17) is 5.90 Å². The first-order valence-corrected chi connectivity index (χ1v) is 4.45. The zero-order valence-corrected chi connectivity index (χ0v) is 5.73. The summed E-state index contributed by atoms with van der Waals surface area (Å²) in [7, 11) is -2.98. The Morgan fingerprint density at radius 3 is 2.44 bits per heavy atom. The Hall–Kier alpha value is -0.130. The van der Waals surface area contributed by atoms with Crippen LogP contribution in [0.15, 0.2) is 0 Å². The molecule has 5 heteroatoms. The Labute approximate surface area is 53.9 Å². The van der Waals surface area contributed by atoms with Gasteiger partial charge in [-0.2, -0.15) is 0 Å². The molecular formula is C4H9NO3S. The molecule has 0 saturated carbocycles. The van der Waals surface area contributed by atoms with Crippen molar-refractivity contribution in [2.45, 2.75) is 18.3 Å². The summed E-state index contributed by atoms with van der Waals surface area (Å²) >= 11 is 0. The lowest BCUT2D eigenvalue weighted by Gasteiger charge is -2.02. The minimum Gasteiger partial charge on any atom is -0.285 e. The van der Waals surface area contributed by atoms with Gasteiger partial charge in [0, 0.05) is 0 Å². The molecular weight excluding hydrogens is 142 g/mol. The number of rotatable bonds is 1. The minimum atomic E-state index is -2.98. The molecule has 1 saturated heterocycles. The Balaban J connectivity index is 2.75. The van der Waals surface area contributed by atoms with Gasteiger partial charge in [0.25, 0.3) is 0 Å². The first-order valence-electron chi connectivity index (χ1n) is 2.74. The molecule has 0 amide bonds. The van der Waals surface area contributed by atoms with Crippen molar-refractivity contribution in [1.82, 2.24) is 0 Å². The van der Waals surface area contributed by atoms with E-state index in [0.717, 1.165) is 0 Å². The molecule has 1 atom stereocenters. The van der Waals surface area contributed by atoms with Crippen molar-refractivity contribution >= 4 is 9.84 Å². The lowest BCUT2D eigenvalue weighted by atomic mass is 10.4. The van der Waals surface area contributed by atoms with E-state index in [0.29, 0.717) is 12.8 Å². The number of nitrogens with two attached hydrogens (primary N) is 1. The molecule has 0 aromatic heterocycles. The average Bonchev–Trinajstić information content (AvgIpc) is 2.08. The molecule has 1 fully saturated rings. The lowest BCUT2D eigenvalue weighted by Crippen LogP contribution is -2.22. The van der Waals surface area contributed by atoms with E-state index >= 15 is 0 Å². The summed E-state index contributed by atoms with van der Waals surface area (Å²) < 4.78 is 21.6. The molecule has 1 rings (SSSR count). The molecule has 1 aliphatic heterocycles. The van der Waals surface area contributed by atoms with Gasteiger partial charge >= 0.3 is 0 Å². The van der Waals surface area contributed by atoms with E-state index in [-0.39, 0.29) is 5.75 Å². The Morgan fingerprint density at radius 1 is 1.56 bits per heavy atom. The standard InChI is InChI=1S/C4H9NO3S/c5-8-4-2-1-3-9(4,6)7/h4H,1-3,5H2. The van der Waals surface area contributed by atoms with Crippen molar-refractivity contribution in [2.75, 3.05) is 5.75 Å². The zero-order valence-electron chi connectivity index (χ0n) is 4.91. The number of hydrogen-bond acceptors (Lipinski definition) is 4. The molecule has 2 N–H and O–H groups in total. The first kappa shape index (κ1) is 6.98. The van der Waals surface area contributed by atoms with Crippen LogP contribution < -0.4 is 5.90 Å². The van der Waals surface area contributed by atoms with Crippen molar-refractivity contribution in [3.63, 3.8) is 0 Å². The highest BCUT2D eigenvalue weighted by Crippen LogP contribution is 2.18. The minimum absolute atomic E-state index is 0.217. The van der Waals surface area contributed by atoms with Crippen LogP contribution in [0.25, 0.3) is 0 Å². The maximum absolute atomic E-state index is 10.8. The van der Waals surface area contributed by atoms with E-state index < -0.39 is 15.3 Å². The van der Waals surface area contributed by atoms with Crippen molar-refractivity contribution in [3.8, 4) is 0 Å². The van der Waals surface area contributed by atoms with Crippen LogP contribution in [0.5, 0.6) is 0 Å². The van der Waals surface area contributed by atoms with E-state index in [1.165, 1.54) is 0 Å². The lowest BCUT2D eigenvalue weighted by molar-refractivity contribution is 0.107. The van der Waals surface area contributed by atoms with E-state index in [1.54, 1.807) is 0 Å². The fraction of sp³-hybridized carbons (Fsp3) is 1.00. The molecule has 54 valence electrons. The summed E-state index contributed by atoms with van der Waals surface area (Å²) in [6, 6.07) is 0. The number of hydrogen-bond donors (Lipinski definition) is 1. The van der Waals surface area contributed by atoms with Gasteiger partial charge in [-0.15, -0.1) is 0 Å². The van der Waals surface area contributed by atoms with Crippen molar-refractivity contribution < 1.29 is 13.3 Å². The summed E-state index contributed by atoms with van der Waals surface area (Å²) in [5.41, 5.74) is -0.738.